The first-order valence-electron chi connectivity index (χ1n) is 2.41. The molecule has 0 rings (SSSR count). The Morgan fingerprint density at radius 3 is 2.40 bits per heavy atom. The second-order valence-corrected chi connectivity index (χ2v) is 2.96. The van der Waals surface area contributed by atoms with Crippen LogP contribution in [-0.4, -0.2) is 26.0 Å². The molecule has 0 atom stereocenters. The molecule has 4 N–H and O–H groups in total. The van der Waals surface area contributed by atoms with Crippen molar-refractivity contribution in [2.75, 3.05) is 6.54 Å². The summed E-state index contributed by atoms with van der Waals surface area (Å²) in [4.78, 5) is 9.81. The van der Waals surface area contributed by atoms with Crippen molar-refractivity contribution in [3.63, 3.8) is 0 Å². The van der Waals surface area contributed by atoms with Crippen molar-refractivity contribution in [2.45, 2.75) is 6.42 Å². The summed E-state index contributed by atoms with van der Waals surface area (Å²) in [5.41, 5.74) is 0. The van der Waals surface area contributed by atoms with Gasteiger partial charge < -0.3 is 5.11 Å². The van der Waals surface area contributed by atoms with Crippen molar-refractivity contribution in [3.05, 3.63) is 0 Å². The Bertz CT molecular complexity index is 209. The second kappa shape index (κ2) is 3.49. The van der Waals surface area contributed by atoms with Gasteiger partial charge in [0.2, 0.25) is 0 Å². The number of nitrogens with two attached hydrogens (primary N) is 1. The van der Waals surface area contributed by atoms with E-state index in [1.807, 2.05) is 4.72 Å². The highest BCUT2D eigenvalue weighted by atomic mass is 32.2. The number of carbonyl (C=O) groups is 1. The van der Waals surface area contributed by atoms with Crippen LogP contribution < -0.4 is 9.86 Å². The third-order valence-electron chi connectivity index (χ3n) is 0.642. The summed E-state index contributed by atoms with van der Waals surface area (Å²) < 4.78 is 22.0. The highest BCUT2D eigenvalue weighted by molar-refractivity contribution is 7.87. The lowest BCUT2D eigenvalue weighted by Crippen LogP contribution is -2.32. The van der Waals surface area contributed by atoms with E-state index in [0.29, 0.717) is 0 Å². The molecule has 0 radical (unpaired) electrons. The maximum atomic E-state index is 10.1. The van der Waals surface area contributed by atoms with Gasteiger partial charge in [0.1, 0.15) is 0 Å². The van der Waals surface area contributed by atoms with E-state index < -0.39 is 16.2 Å². The molecule has 0 spiro atoms. The van der Waals surface area contributed by atoms with Crippen LogP contribution in [0.4, 0.5) is 0 Å². The summed E-state index contributed by atoms with van der Waals surface area (Å²) in [7, 11) is -3.73. The molecule has 0 aliphatic heterocycles. The Balaban J connectivity index is 3.49. The number of hydrogen-bond donors (Lipinski definition) is 3. The number of carboxylic acids is 1. The molecule has 0 aromatic carbocycles. The molecule has 0 aliphatic carbocycles. The van der Waals surface area contributed by atoms with Crippen LogP contribution >= 0.6 is 0 Å². The van der Waals surface area contributed by atoms with E-state index in [4.69, 9.17) is 5.11 Å². The van der Waals surface area contributed by atoms with Crippen LogP contribution in [-0.2, 0) is 15.0 Å². The van der Waals surface area contributed by atoms with Gasteiger partial charge in [-0.2, -0.15) is 8.42 Å². The van der Waals surface area contributed by atoms with E-state index >= 15 is 0 Å². The van der Waals surface area contributed by atoms with Crippen molar-refractivity contribution in [2.24, 2.45) is 5.14 Å². The van der Waals surface area contributed by atoms with Crippen LogP contribution in [0.1, 0.15) is 6.42 Å². The average Bonchev–Trinajstić information content (AvgIpc) is 1.59. The summed E-state index contributed by atoms with van der Waals surface area (Å²) >= 11 is 0. The predicted molar refractivity (Wildman–Crippen MR) is 33.4 cm³/mol. The standard InChI is InChI=1S/C3H8N2O4S/c4-10(8,9)5-2-1-3(6)7/h5H,1-2H2,(H,6,7)(H2,4,8,9). The molecule has 6 nitrogen and oxygen atoms in total. The van der Waals surface area contributed by atoms with Crippen molar-refractivity contribution in [3.8, 4) is 0 Å². The molecule has 0 fully saturated rings. The average molecular weight is 168 g/mol. The number of nitrogens with one attached hydrogen (secondary N) is 1. The zero-order valence-corrected chi connectivity index (χ0v) is 5.89. The van der Waals surface area contributed by atoms with Gasteiger partial charge in [0.25, 0.3) is 10.2 Å². The van der Waals surface area contributed by atoms with Crippen LogP contribution in [0.15, 0.2) is 0 Å². The van der Waals surface area contributed by atoms with Gasteiger partial charge in [-0.3, -0.25) is 4.79 Å². The minimum absolute atomic E-state index is 0.172. The molecule has 0 bridgehead atoms. The lowest BCUT2D eigenvalue weighted by Gasteiger charge is -1.96. The smallest absolute Gasteiger partial charge is 0.304 e. The van der Waals surface area contributed by atoms with Crippen molar-refractivity contribution in [1.82, 2.24) is 4.72 Å². The van der Waals surface area contributed by atoms with Gasteiger partial charge in [-0.15, -0.1) is 0 Å². The van der Waals surface area contributed by atoms with Gasteiger partial charge in [0.05, 0.1) is 6.42 Å². The van der Waals surface area contributed by atoms with E-state index in [0.717, 1.165) is 0 Å². The predicted octanol–water partition coefficient (Wildman–Crippen LogP) is -1.75. The maximum absolute atomic E-state index is 10.1. The third kappa shape index (κ3) is 7.34. The van der Waals surface area contributed by atoms with Crippen molar-refractivity contribution < 1.29 is 18.3 Å². The fourth-order valence-corrected chi connectivity index (χ4v) is 0.687. The number of aliphatic carboxylic acids is 1. The Kier molecular flexibility index (Phi) is 3.26. The molecule has 0 aromatic heterocycles. The second-order valence-electron chi connectivity index (χ2n) is 1.58. The molecule has 0 aromatic rings. The van der Waals surface area contributed by atoms with Crippen LogP contribution in [0.3, 0.4) is 0 Å². The molecule has 0 heterocycles. The van der Waals surface area contributed by atoms with Crippen molar-refractivity contribution in [1.29, 1.82) is 0 Å². The van der Waals surface area contributed by atoms with Gasteiger partial charge in [0, 0.05) is 6.54 Å². The first kappa shape index (κ1) is 9.34. The van der Waals surface area contributed by atoms with E-state index in [9.17, 15) is 13.2 Å². The van der Waals surface area contributed by atoms with E-state index in [1.165, 1.54) is 0 Å². The van der Waals surface area contributed by atoms with Gasteiger partial charge in [-0.1, -0.05) is 0 Å². The minimum Gasteiger partial charge on any atom is -0.481 e. The van der Waals surface area contributed by atoms with Crippen LogP contribution in [0.25, 0.3) is 0 Å². The summed E-state index contributed by atoms with van der Waals surface area (Å²) in [6, 6.07) is 0. The molecular weight excluding hydrogens is 160 g/mol. The monoisotopic (exact) mass is 168 g/mol. The van der Waals surface area contributed by atoms with Crippen molar-refractivity contribution >= 4 is 16.2 Å². The largest absolute Gasteiger partial charge is 0.481 e. The van der Waals surface area contributed by atoms with Crippen LogP contribution in [0.5, 0.6) is 0 Å². The Labute approximate surface area is 58.2 Å². The molecule has 10 heavy (non-hydrogen) atoms. The molecule has 0 aliphatic rings. The Morgan fingerprint density at radius 1 is 1.60 bits per heavy atom. The Morgan fingerprint density at radius 2 is 2.10 bits per heavy atom. The topological polar surface area (TPSA) is 109 Å². The maximum Gasteiger partial charge on any atom is 0.304 e. The van der Waals surface area contributed by atoms with E-state index in [1.54, 1.807) is 0 Å². The summed E-state index contributed by atoms with van der Waals surface area (Å²) in [6.45, 7) is -0.172. The molecular formula is C3H8N2O4S. The fraction of sp³-hybridized carbons (Fsp3) is 0.667. The third-order valence-corrected chi connectivity index (χ3v) is 1.25. The molecule has 0 saturated carbocycles. The first-order valence-corrected chi connectivity index (χ1v) is 3.95. The number of carboxylic acid groups (broad SMARTS) is 1. The quantitative estimate of drug-likeness (QED) is 0.462. The zero-order chi connectivity index (χ0) is 8.20. The number of rotatable bonds is 4. The van der Waals surface area contributed by atoms with Gasteiger partial charge in [-0.25, -0.2) is 9.86 Å². The molecule has 0 amide bonds. The molecule has 0 unspecified atom stereocenters. The van der Waals surface area contributed by atoms with Crippen LogP contribution in [0, 0.1) is 0 Å². The Hall–Kier alpha value is -0.660. The number of hydrogen-bond acceptors (Lipinski definition) is 3. The lowest BCUT2D eigenvalue weighted by molar-refractivity contribution is -0.136. The van der Waals surface area contributed by atoms with Crippen LogP contribution in [0.2, 0.25) is 0 Å². The summed E-state index contributed by atoms with van der Waals surface area (Å²) in [6.07, 6.45) is -0.267. The van der Waals surface area contributed by atoms with Gasteiger partial charge in [-0.05, 0) is 0 Å². The highest BCUT2D eigenvalue weighted by Gasteiger charge is 2.01. The lowest BCUT2D eigenvalue weighted by atomic mass is 10.5. The minimum atomic E-state index is -3.73. The normalized spacial score (nSPS) is 11.3. The van der Waals surface area contributed by atoms with E-state index in [-0.39, 0.29) is 13.0 Å². The summed E-state index contributed by atoms with van der Waals surface area (Å²) in [5.74, 6) is -1.07. The first-order chi connectivity index (χ1) is 4.42. The van der Waals surface area contributed by atoms with Gasteiger partial charge in [0.15, 0.2) is 0 Å². The van der Waals surface area contributed by atoms with E-state index in [2.05, 4.69) is 5.14 Å². The molecule has 7 heteroatoms. The van der Waals surface area contributed by atoms with Gasteiger partial charge >= 0.3 is 5.97 Å². The molecule has 0 saturated heterocycles. The fourth-order valence-electron chi connectivity index (χ4n) is 0.300. The highest BCUT2D eigenvalue weighted by Crippen LogP contribution is 1.75. The summed E-state index contributed by atoms with van der Waals surface area (Å²) in [5, 5.41) is 12.5. The SMILES string of the molecule is NS(=O)(=O)NCCC(=O)O. The molecule has 60 valence electrons. The zero-order valence-electron chi connectivity index (χ0n) is 5.07.